The highest BCUT2D eigenvalue weighted by atomic mass is 16.5. The number of hydrogen-bond donors (Lipinski definition) is 1. The van der Waals surface area contributed by atoms with Crippen molar-refractivity contribution >= 4 is 11.7 Å². The molecular weight excluding hydrogens is 356 g/mol. The normalized spacial score (nSPS) is 20.3. The molecule has 0 aliphatic carbocycles. The smallest absolute Gasteiger partial charge is 0.321 e. The van der Waals surface area contributed by atoms with Crippen LogP contribution in [0.15, 0.2) is 42.7 Å². The molecule has 2 aromatic rings. The number of hydrogen-bond acceptors (Lipinski definition) is 4. The van der Waals surface area contributed by atoms with Crippen molar-refractivity contribution in [3.05, 3.63) is 42.7 Å². The van der Waals surface area contributed by atoms with Crippen molar-refractivity contribution in [1.82, 2.24) is 14.7 Å². The number of piperidine rings is 1. The second-order valence-corrected chi connectivity index (χ2v) is 7.53. The molecule has 150 valence electrons. The first kappa shape index (κ1) is 18.8. The van der Waals surface area contributed by atoms with E-state index in [2.05, 4.69) is 10.4 Å². The number of carbonyl (C=O) groups excluding carboxylic acids is 1. The average molecular weight is 384 g/mol. The van der Waals surface area contributed by atoms with E-state index in [0.29, 0.717) is 24.0 Å². The van der Waals surface area contributed by atoms with Crippen LogP contribution in [0.1, 0.15) is 25.7 Å². The fourth-order valence-corrected chi connectivity index (χ4v) is 3.84. The maximum absolute atomic E-state index is 12.7. The molecule has 4 rings (SSSR count). The molecule has 2 aliphatic rings. The van der Waals surface area contributed by atoms with Crippen LogP contribution in [-0.4, -0.2) is 53.1 Å². The molecule has 7 heteroatoms. The van der Waals surface area contributed by atoms with Crippen LogP contribution in [0.4, 0.5) is 10.5 Å². The second kappa shape index (κ2) is 9.10. The van der Waals surface area contributed by atoms with E-state index >= 15 is 0 Å². The largest absolute Gasteiger partial charge is 0.489 e. The first-order valence-electron chi connectivity index (χ1n) is 10.1. The summed E-state index contributed by atoms with van der Waals surface area (Å²) in [4.78, 5) is 14.6. The van der Waals surface area contributed by atoms with Gasteiger partial charge in [0.05, 0.1) is 11.8 Å². The maximum Gasteiger partial charge on any atom is 0.321 e. The summed E-state index contributed by atoms with van der Waals surface area (Å²) in [6.45, 7) is 3.77. The number of nitrogens with zero attached hydrogens (tertiary/aromatic N) is 3. The number of ether oxygens (including phenoxy) is 2. The molecule has 7 nitrogen and oxygen atoms in total. The molecular formula is C21H28N4O3. The van der Waals surface area contributed by atoms with Gasteiger partial charge in [0, 0.05) is 38.6 Å². The molecule has 0 radical (unpaired) electrons. The van der Waals surface area contributed by atoms with Crippen molar-refractivity contribution in [1.29, 1.82) is 0 Å². The first-order chi connectivity index (χ1) is 13.8. The fraction of sp³-hybridized carbons (Fsp3) is 0.524. The summed E-state index contributed by atoms with van der Waals surface area (Å²) in [6, 6.07) is 9.48. The predicted octanol–water partition coefficient (Wildman–Crippen LogP) is 3.39. The van der Waals surface area contributed by atoms with E-state index in [9.17, 15) is 4.79 Å². The van der Waals surface area contributed by atoms with E-state index in [1.54, 1.807) is 6.20 Å². The number of nitrogens with one attached hydrogen (secondary N) is 1. The van der Waals surface area contributed by atoms with Crippen LogP contribution in [0.3, 0.4) is 0 Å². The highest BCUT2D eigenvalue weighted by Crippen LogP contribution is 2.26. The summed E-state index contributed by atoms with van der Waals surface area (Å²) in [7, 11) is 0. The number of carbonyl (C=O) groups is 1. The van der Waals surface area contributed by atoms with Crippen LogP contribution in [0, 0.1) is 5.92 Å². The van der Waals surface area contributed by atoms with Gasteiger partial charge in [-0.2, -0.15) is 5.10 Å². The van der Waals surface area contributed by atoms with Gasteiger partial charge in [-0.3, -0.25) is 4.68 Å². The second-order valence-electron chi connectivity index (χ2n) is 7.53. The van der Waals surface area contributed by atoms with Gasteiger partial charge in [-0.25, -0.2) is 4.79 Å². The number of anilines is 1. The van der Waals surface area contributed by atoms with E-state index in [1.165, 1.54) is 0 Å². The van der Waals surface area contributed by atoms with Crippen LogP contribution >= 0.6 is 0 Å². The minimum Gasteiger partial charge on any atom is -0.489 e. The Bertz CT molecular complexity index is 751. The number of likely N-dealkylation sites (tertiary alicyclic amines) is 1. The van der Waals surface area contributed by atoms with Gasteiger partial charge in [0.2, 0.25) is 0 Å². The molecule has 1 atom stereocenters. The van der Waals surface area contributed by atoms with E-state index in [-0.39, 0.29) is 12.1 Å². The third-order valence-electron chi connectivity index (χ3n) is 5.48. The van der Waals surface area contributed by atoms with Crippen LogP contribution in [0.5, 0.6) is 5.75 Å². The molecule has 0 saturated carbocycles. The van der Waals surface area contributed by atoms with Crippen LogP contribution in [0.2, 0.25) is 0 Å². The zero-order valence-corrected chi connectivity index (χ0v) is 16.1. The third-order valence-corrected chi connectivity index (χ3v) is 5.48. The topological polar surface area (TPSA) is 68.6 Å². The zero-order valence-electron chi connectivity index (χ0n) is 16.1. The Morgan fingerprint density at radius 1 is 1.21 bits per heavy atom. The lowest BCUT2D eigenvalue weighted by Crippen LogP contribution is -2.41. The van der Waals surface area contributed by atoms with Crippen molar-refractivity contribution in [3.63, 3.8) is 0 Å². The Kier molecular flexibility index (Phi) is 6.11. The lowest BCUT2D eigenvalue weighted by atomic mass is 9.97. The molecule has 3 heterocycles. The molecule has 1 aromatic heterocycles. The van der Waals surface area contributed by atoms with Gasteiger partial charge in [0.1, 0.15) is 12.4 Å². The standard InChI is InChI=1S/C21H28N4O3/c26-21(24-12-8-17(9-13-24)15-25-11-4-10-22-25)23-19-6-1-2-7-20(19)28-16-18-5-3-14-27-18/h1-2,4,6-7,10-11,17-18H,3,5,8-9,12-16H2,(H,23,26)/t18-/m0/s1. The summed E-state index contributed by atoms with van der Waals surface area (Å²) in [5.41, 5.74) is 0.712. The number of urea groups is 1. The van der Waals surface area contributed by atoms with Crippen LogP contribution in [0.25, 0.3) is 0 Å². The highest BCUT2D eigenvalue weighted by Gasteiger charge is 2.24. The number of amides is 2. The number of rotatable bonds is 6. The molecule has 2 fully saturated rings. The SMILES string of the molecule is O=C(Nc1ccccc1OC[C@@H]1CCCO1)N1CCC(Cn2cccn2)CC1. The number of para-hydroxylation sites is 2. The van der Waals surface area contributed by atoms with Gasteiger partial charge in [0.15, 0.2) is 0 Å². The van der Waals surface area contributed by atoms with Gasteiger partial charge in [-0.1, -0.05) is 12.1 Å². The van der Waals surface area contributed by atoms with E-state index in [1.807, 2.05) is 46.1 Å². The van der Waals surface area contributed by atoms with Crippen molar-refractivity contribution < 1.29 is 14.3 Å². The Morgan fingerprint density at radius 2 is 2.07 bits per heavy atom. The third kappa shape index (κ3) is 4.84. The van der Waals surface area contributed by atoms with Crippen molar-refractivity contribution in [2.75, 3.05) is 31.6 Å². The highest BCUT2D eigenvalue weighted by molar-refractivity contribution is 5.91. The molecule has 1 N–H and O–H groups in total. The number of aromatic nitrogens is 2. The van der Waals surface area contributed by atoms with E-state index < -0.39 is 0 Å². The van der Waals surface area contributed by atoms with Gasteiger partial charge >= 0.3 is 6.03 Å². The molecule has 2 aliphatic heterocycles. The lowest BCUT2D eigenvalue weighted by Gasteiger charge is -2.32. The summed E-state index contributed by atoms with van der Waals surface area (Å²) >= 11 is 0. The molecule has 0 spiro atoms. The molecule has 1 aromatic carbocycles. The fourth-order valence-electron chi connectivity index (χ4n) is 3.84. The van der Waals surface area contributed by atoms with Gasteiger partial charge in [-0.15, -0.1) is 0 Å². The van der Waals surface area contributed by atoms with Gasteiger partial charge < -0.3 is 19.7 Å². The zero-order chi connectivity index (χ0) is 19.2. The Labute approximate surface area is 165 Å². The molecule has 0 unspecified atom stereocenters. The van der Waals surface area contributed by atoms with Crippen molar-refractivity contribution in [2.45, 2.75) is 38.3 Å². The molecule has 2 amide bonds. The summed E-state index contributed by atoms with van der Waals surface area (Å²) < 4.78 is 13.5. The summed E-state index contributed by atoms with van der Waals surface area (Å²) in [5.74, 6) is 1.26. The summed E-state index contributed by atoms with van der Waals surface area (Å²) in [5, 5.41) is 7.30. The Balaban J connectivity index is 1.28. The maximum atomic E-state index is 12.7. The van der Waals surface area contributed by atoms with Crippen molar-refractivity contribution in [2.24, 2.45) is 5.92 Å². The van der Waals surface area contributed by atoms with E-state index in [0.717, 1.165) is 51.9 Å². The quantitative estimate of drug-likeness (QED) is 0.829. The minimum atomic E-state index is -0.0642. The van der Waals surface area contributed by atoms with Gasteiger partial charge in [-0.05, 0) is 49.8 Å². The Morgan fingerprint density at radius 3 is 2.82 bits per heavy atom. The molecule has 2 saturated heterocycles. The first-order valence-corrected chi connectivity index (χ1v) is 10.1. The van der Waals surface area contributed by atoms with Crippen LogP contribution < -0.4 is 10.1 Å². The minimum absolute atomic E-state index is 0.0642. The van der Waals surface area contributed by atoms with Gasteiger partial charge in [0.25, 0.3) is 0 Å². The summed E-state index contributed by atoms with van der Waals surface area (Å²) in [6.07, 6.45) is 8.05. The monoisotopic (exact) mass is 384 g/mol. The number of benzene rings is 1. The predicted molar refractivity (Wildman–Crippen MR) is 106 cm³/mol. The van der Waals surface area contributed by atoms with Crippen LogP contribution in [-0.2, 0) is 11.3 Å². The Hall–Kier alpha value is -2.54. The lowest BCUT2D eigenvalue weighted by molar-refractivity contribution is 0.0682. The average Bonchev–Trinajstić information content (AvgIpc) is 3.42. The van der Waals surface area contributed by atoms with Crippen molar-refractivity contribution in [3.8, 4) is 5.75 Å². The van der Waals surface area contributed by atoms with E-state index in [4.69, 9.17) is 9.47 Å². The molecule has 0 bridgehead atoms. The molecule has 28 heavy (non-hydrogen) atoms.